The van der Waals surface area contributed by atoms with E-state index in [0.29, 0.717) is 15.9 Å². The number of nitrogens with zero attached hydrogens (tertiary/aromatic N) is 2. The zero-order chi connectivity index (χ0) is 16.7. The first kappa shape index (κ1) is 15.5. The number of ether oxygens (including phenoxy) is 1. The highest BCUT2D eigenvalue weighted by Gasteiger charge is 2.67. The van der Waals surface area contributed by atoms with E-state index in [1.54, 1.807) is 50.2 Å². The van der Waals surface area contributed by atoms with Gasteiger partial charge in [0.1, 0.15) is 0 Å². The van der Waals surface area contributed by atoms with Gasteiger partial charge in [0, 0.05) is 17.9 Å². The molecule has 0 aromatic heterocycles. The maximum Gasteiger partial charge on any atom is 0.319 e. The van der Waals surface area contributed by atoms with Crippen molar-refractivity contribution in [1.29, 1.82) is 0 Å². The molecule has 1 aliphatic heterocycles. The Bertz CT molecular complexity index is 728. The minimum Gasteiger partial charge on any atom is -0.713 e. The fraction of sp³-hybridized carbons (Fsp3) is 0.278. The molecule has 1 heterocycles. The Kier molecular flexibility index (Phi) is 3.62. The molecule has 0 aliphatic carbocycles. The van der Waals surface area contributed by atoms with Crippen molar-refractivity contribution in [1.82, 2.24) is 5.06 Å². The lowest BCUT2D eigenvalue weighted by molar-refractivity contribution is -0.624. The summed E-state index contributed by atoms with van der Waals surface area (Å²) in [6.45, 7) is 3.44. The summed E-state index contributed by atoms with van der Waals surface area (Å²) in [6, 6.07) is 18.1. The minimum atomic E-state index is -1.42. The van der Waals surface area contributed by atoms with Gasteiger partial charge in [0.2, 0.25) is 5.54 Å². The third kappa shape index (κ3) is 1.97. The van der Waals surface area contributed by atoms with Gasteiger partial charge in [0.05, 0.1) is 5.56 Å². The first-order chi connectivity index (χ1) is 11.0. The summed E-state index contributed by atoms with van der Waals surface area (Å²) in [5.74, 6) is 0.0568. The molecule has 5 nitrogen and oxygen atoms in total. The van der Waals surface area contributed by atoms with Crippen LogP contribution in [0.5, 0.6) is 0 Å². The average Bonchev–Trinajstić information content (AvgIpc) is 2.72. The van der Waals surface area contributed by atoms with Gasteiger partial charge in [-0.15, -0.1) is 0 Å². The lowest BCUT2D eigenvalue weighted by atomic mass is 9.85. The number of rotatable bonds is 3. The van der Waals surface area contributed by atoms with E-state index in [-0.39, 0.29) is 5.84 Å². The summed E-state index contributed by atoms with van der Waals surface area (Å²) in [5.41, 5.74) is -1.30. The monoisotopic (exact) mass is 311 g/mol. The highest BCUT2D eigenvalue weighted by molar-refractivity contribution is 5.95. The Hall–Kier alpha value is -2.37. The first-order valence-electron chi connectivity index (χ1n) is 7.44. The summed E-state index contributed by atoms with van der Waals surface area (Å²) < 4.78 is 6.38. The van der Waals surface area contributed by atoms with Crippen molar-refractivity contribution in [2.45, 2.75) is 25.1 Å². The largest absolute Gasteiger partial charge is 0.713 e. The molecule has 5 heteroatoms. The van der Waals surface area contributed by atoms with Crippen LogP contribution < -0.4 is 0 Å². The van der Waals surface area contributed by atoms with E-state index in [9.17, 15) is 10.4 Å². The predicted octanol–water partition coefficient (Wildman–Crippen LogP) is 2.88. The van der Waals surface area contributed by atoms with Crippen LogP contribution in [0.3, 0.4) is 0 Å². The normalized spacial score (nSPS) is 23.4. The van der Waals surface area contributed by atoms with E-state index in [1.807, 2.05) is 24.3 Å². The van der Waals surface area contributed by atoms with Crippen LogP contribution in [0.4, 0.5) is 0 Å². The molecule has 1 radical (unpaired) electrons. The molecule has 3 rings (SSSR count). The van der Waals surface area contributed by atoms with Crippen molar-refractivity contribution >= 4 is 5.84 Å². The van der Waals surface area contributed by atoms with E-state index in [0.717, 1.165) is 5.06 Å². The average molecular weight is 311 g/mol. The Labute approximate surface area is 135 Å². The molecule has 0 fully saturated rings. The topological polar surface area (TPSA) is 58.4 Å². The molecule has 23 heavy (non-hydrogen) atoms. The van der Waals surface area contributed by atoms with Gasteiger partial charge in [-0.2, -0.15) is 0 Å². The van der Waals surface area contributed by atoms with Crippen LogP contribution in [0.25, 0.3) is 0 Å². The smallest absolute Gasteiger partial charge is 0.319 e. The summed E-state index contributed by atoms with van der Waals surface area (Å²) in [6.07, 6.45) is 0. The van der Waals surface area contributed by atoms with Gasteiger partial charge >= 0.3 is 5.84 Å². The van der Waals surface area contributed by atoms with Crippen LogP contribution >= 0.6 is 0 Å². The lowest BCUT2D eigenvalue weighted by Crippen LogP contribution is -2.56. The van der Waals surface area contributed by atoms with Crippen LogP contribution in [-0.2, 0) is 15.7 Å². The van der Waals surface area contributed by atoms with Crippen molar-refractivity contribution in [3.63, 3.8) is 0 Å². The lowest BCUT2D eigenvalue weighted by Gasteiger charge is -2.38. The molecule has 1 aliphatic rings. The second-order valence-corrected chi connectivity index (χ2v) is 6.05. The highest BCUT2D eigenvalue weighted by atomic mass is 16.6. The highest BCUT2D eigenvalue weighted by Crippen LogP contribution is 2.45. The molecule has 2 aromatic carbocycles. The second kappa shape index (κ2) is 5.37. The van der Waals surface area contributed by atoms with Gasteiger partial charge in [-0.1, -0.05) is 53.6 Å². The van der Waals surface area contributed by atoms with Crippen LogP contribution in [0.1, 0.15) is 25.0 Å². The standard InChI is InChI=1S/C18H19N2O3/c1-17(2)18(23-3,15-12-8-5-9-13-15)20(22)16(19(17)21)14-10-6-4-7-11-14/h4-13H,1-3H3. The minimum absolute atomic E-state index is 0.0568. The molecule has 0 amide bonds. The zero-order valence-electron chi connectivity index (χ0n) is 13.4. The predicted molar refractivity (Wildman–Crippen MR) is 85.9 cm³/mol. The van der Waals surface area contributed by atoms with Crippen LogP contribution in [-0.4, -0.2) is 28.3 Å². The van der Waals surface area contributed by atoms with Crippen molar-refractivity contribution in [2.24, 2.45) is 0 Å². The fourth-order valence-electron chi connectivity index (χ4n) is 3.29. The van der Waals surface area contributed by atoms with E-state index in [1.165, 1.54) is 7.11 Å². The quantitative estimate of drug-likeness (QED) is 0.647. The molecule has 0 saturated carbocycles. The summed E-state index contributed by atoms with van der Waals surface area (Å²) in [7, 11) is 1.46. The molecule has 2 aromatic rings. The number of amidine groups is 1. The summed E-state index contributed by atoms with van der Waals surface area (Å²) >= 11 is 0. The Morgan fingerprint density at radius 2 is 1.52 bits per heavy atom. The maximum atomic E-state index is 13.2. The molecule has 0 bridgehead atoms. The molecular formula is C18H19N2O3. The summed E-state index contributed by atoms with van der Waals surface area (Å²) in [4.78, 5) is 0. The SMILES string of the molecule is COC1(c2ccccc2)[N+]([O-])=C(c2ccccc2)N([O])C1(C)C. The number of hydrogen-bond acceptors (Lipinski definition) is 3. The van der Waals surface area contributed by atoms with Crippen LogP contribution in [0.2, 0.25) is 0 Å². The van der Waals surface area contributed by atoms with Gasteiger partial charge in [0.15, 0.2) is 0 Å². The van der Waals surface area contributed by atoms with E-state index >= 15 is 0 Å². The number of hydrogen-bond donors (Lipinski definition) is 0. The summed E-state index contributed by atoms with van der Waals surface area (Å²) in [5, 5.41) is 26.9. The molecule has 1 unspecified atom stereocenters. The Morgan fingerprint density at radius 3 is 2.04 bits per heavy atom. The van der Waals surface area contributed by atoms with Crippen molar-refractivity contribution in [3.8, 4) is 0 Å². The van der Waals surface area contributed by atoms with E-state index in [4.69, 9.17) is 4.74 Å². The number of methoxy groups -OCH3 is 1. The maximum absolute atomic E-state index is 13.2. The zero-order valence-corrected chi connectivity index (χ0v) is 13.4. The van der Waals surface area contributed by atoms with E-state index < -0.39 is 11.3 Å². The molecule has 0 N–H and O–H groups in total. The Morgan fingerprint density at radius 1 is 1.00 bits per heavy atom. The fourth-order valence-corrected chi connectivity index (χ4v) is 3.29. The van der Waals surface area contributed by atoms with Crippen molar-refractivity contribution in [3.05, 3.63) is 77.0 Å². The molecule has 0 spiro atoms. The van der Waals surface area contributed by atoms with Gasteiger partial charge in [-0.05, 0) is 26.0 Å². The van der Waals surface area contributed by atoms with Gasteiger partial charge in [0.25, 0.3) is 5.72 Å². The van der Waals surface area contributed by atoms with Crippen LogP contribution in [0.15, 0.2) is 60.7 Å². The molecular weight excluding hydrogens is 292 g/mol. The molecule has 119 valence electrons. The van der Waals surface area contributed by atoms with Crippen molar-refractivity contribution in [2.75, 3.05) is 7.11 Å². The van der Waals surface area contributed by atoms with Gasteiger partial charge in [-0.3, -0.25) is 0 Å². The third-order valence-electron chi connectivity index (χ3n) is 4.50. The second-order valence-electron chi connectivity index (χ2n) is 6.05. The van der Waals surface area contributed by atoms with Crippen molar-refractivity contribution < 1.29 is 14.7 Å². The first-order valence-corrected chi connectivity index (χ1v) is 7.44. The number of hydroxylamine groups is 3. The third-order valence-corrected chi connectivity index (χ3v) is 4.50. The van der Waals surface area contributed by atoms with E-state index in [2.05, 4.69) is 0 Å². The Balaban J connectivity index is 2.29. The number of benzene rings is 2. The van der Waals surface area contributed by atoms with Gasteiger partial charge in [-0.25, -0.2) is 4.74 Å². The van der Waals surface area contributed by atoms with Gasteiger partial charge < -0.3 is 9.94 Å². The van der Waals surface area contributed by atoms with Crippen LogP contribution in [0, 0.1) is 5.21 Å². The molecule has 1 atom stereocenters. The molecule has 0 saturated heterocycles.